The molecule has 0 saturated heterocycles. The van der Waals surface area contributed by atoms with E-state index in [1.165, 1.54) is 0 Å². The second kappa shape index (κ2) is 6.29. The normalized spacial score (nSPS) is 11.3. The predicted octanol–water partition coefficient (Wildman–Crippen LogP) is 1.13. The molecule has 0 atom stereocenters. The number of aryl methyl sites for hydroxylation is 2. The molecule has 3 aromatic rings. The van der Waals surface area contributed by atoms with Crippen LogP contribution in [0.4, 0.5) is 5.82 Å². The molecule has 0 amide bonds. The molecule has 3 aromatic heterocycles. The summed E-state index contributed by atoms with van der Waals surface area (Å²) in [6.45, 7) is 3.84. The molecule has 7 heteroatoms. The van der Waals surface area contributed by atoms with Crippen LogP contribution in [0.1, 0.15) is 5.69 Å². The molecule has 3 rings (SSSR count). The first kappa shape index (κ1) is 15.4. The standard InChI is InChI=1S/C16H21N7/c1-11-13-7-12(8-19-16(13)21-23(11)4)14-9-17-10-15(20-14)18-5-6-22(2)3/h7-10H,5-6H2,1-4H3,(H,18,20)/p+1. The van der Waals surface area contributed by atoms with Crippen molar-refractivity contribution in [2.24, 2.45) is 7.05 Å². The van der Waals surface area contributed by atoms with Crippen molar-refractivity contribution in [3.8, 4) is 11.3 Å². The number of hydrogen-bond donors (Lipinski definition) is 2. The number of nitrogens with one attached hydrogen (secondary N) is 2. The van der Waals surface area contributed by atoms with Crippen LogP contribution in [0.3, 0.4) is 0 Å². The van der Waals surface area contributed by atoms with Crippen LogP contribution in [-0.2, 0) is 7.05 Å². The van der Waals surface area contributed by atoms with Gasteiger partial charge in [0.2, 0.25) is 5.69 Å². The van der Waals surface area contributed by atoms with Crippen molar-refractivity contribution in [3.05, 3.63) is 30.4 Å². The van der Waals surface area contributed by atoms with E-state index in [1.54, 1.807) is 12.4 Å². The van der Waals surface area contributed by atoms with Crippen LogP contribution in [0.2, 0.25) is 0 Å². The summed E-state index contributed by atoms with van der Waals surface area (Å²) in [6.07, 6.45) is 5.33. The topological polar surface area (TPSA) is 73.6 Å². The van der Waals surface area contributed by atoms with Crippen molar-refractivity contribution >= 4 is 16.9 Å². The van der Waals surface area contributed by atoms with Crippen LogP contribution in [0, 0.1) is 6.92 Å². The van der Waals surface area contributed by atoms with Crippen molar-refractivity contribution in [3.63, 3.8) is 0 Å². The van der Waals surface area contributed by atoms with Crippen LogP contribution >= 0.6 is 0 Å². The third kappa shape index (κ3) is 3.29. The van der Waals surface area contributed by atoms with Crippen molar-refractivity contribution < 1.29 is 4.68 Å². The van der Waals surface area contributed by atoms with Gasteiger partial charge in [0.25, 0.3) is 0 Å². The number of rotatable bonds is 5. The summed E-state index contributed by atoms with van der Waals surface area (Å²) in [5.74, 6) is 0.779. The second-order valence-corrected chi connectivity index (χ2v) is 5.90. The van der Waals surface area contributed by atoms with Gasteiger partial charge in [-0.25, -0.2) is 9.97 Å². The summed E-state index contributed by atoms with van der Waals surface area (Å²) >= 11 is 0. The van der Waals surface area contributed by atoms with E-state index in [2.05, 4.69) is 43.3 Å². The van der Waals surface area contributed by atoms with Crippen LogP contribution in [0.15, 0.2) is 24.7 Å². The fourth-order valence-corrected chi connectivity index (χ4v) is 2.39. The van der Waals surface area contributed by atoms with Gasteiger partial charge in [-0.2, -0.15) is 0 Å². The van der Waals surface area contributed by atoms with Gasteiger partial charge in [0, 0.05) is 31.8 Å². The third-order valence-electron chi connectivity index (χ3n) is 3.85. The Balaban J connectivity index is 1.87. The predicted molar refractivity (Wildman–Crippen MR) is 90.1 cm³/mol. The summed E-state index contributed by atoms with van der Waals surface area (Å²) in [7, 11) is 6.07. The average molecular weight is 312 g/mol. The van der Waals surface area contributed by atoms with Crippen LogP contribution < -0.4 is 10.00 Å². The first-order valence-electron chi connectivity index (χ1n) is 7.60. The molecular weight excluding hydrogens is 290 g/mol. The van der Waals surface area contributed by atoms with E-state index in [0.29, 0.717) is 0 Å². The van der Waals surface area contributed by atoms with E-state index in [0.717, 1.165) is 46.9 Å². The minimum absolute atomic E-state index is 0.779. The van der Waals surface area contributed by atoms with Gasteiger partial charge in [-0.05, 0) is 20.2 Å². The third-order valence-corrected chi connectivity index (χ3v) is 3.85. The molecular formula is C16H22N7+. The molecule has 0 radical (unpaired) electrons. The van der Waals surface area contributed by atoms with Gasteiger partial charge >= 0.3 is 0 Å². The molecule has 0 fully saturated rings. The molecule has 0 unspecified atom stereocenters. The van der Waals surface area contributed by atoms with Gasteiger partial charge in [-0.15, -0.1) is 9.78 Å². The Kier molecular flexibility index (Phi) is 4.20. The van der Waals surface area contributed by atoms with E-state index in [9.17, 15) is 0 Å². The Hall–Kier alpha value is -2.54. The molecule has 0 aliphatic carbocycles. The average Bonchev–Trinajstić information content (AvgIpc) is 2.82. The van der Waals surface area contributed by atoms with E-state index in [1.807, 2.05) is 32.0 Å². The summed E-state index contributed by atoms with van der Waals surface area (Å²) in [6, 6.07) is 2.10. The molecule has 0 aliphatic heterocycles. The maximum Gasteiger partial charge on any atom is 0.213 e. The Morgan fingerprint density at radius 3 is 2.87 bits per heavy atom. The highest BCUT2D eigenvalue weighted by molar-refractivity contribution is 5.81. The number of aromatic amines is 1. The monoisotopic (exact) mass is 312 g/mol. The molecule has 0 spiro atoms. The minimum atomic E-state index is 0.779. The highest BCUT2D eigenvalue weighted by Crippen LogP contribution is 2.21. The number of aromatic nitrogens is 5. The number of pyridine rings is 1. The fraction of sp³-hybridized carbons (Fsp3) is 0.375. The molecule has 7 nitrogen and oxygen atoms in total. The summed E-state index contributed by atoms with van der Waals surface area (Å²) in [5, 5.41) is 7.60. The molecule has 120 valence electrons. The molecule has 2 N–H and O–H groups in total. The zero-order valence-corrected chi connectivity index (χ0v) is 14.0. The highest BCUT2D eigenvalue weighted by Gasteiger charge is 2.14. The van der Waals surface area contributed by atoms with Crippen molar-refractivity contribution in [2.45, 2.75) is 6.92 Å². The maximum atomic E-state index is 4.63. The zero-order valence-electron chi connectivity index (χ0n) is 14.0. The largest absolute Gasteiger partial charge is 0.367 e. The quantitative estimate of drug-likeness (QED) is 0.691. The van der Waals surface area contributed by atoms with Gasteiger partial charge in [0.15, 0.2) is 12.7 Å². The zero-order chi connectivity index (χ0) is 16.4. The van der Waals surface area contributed by atoms with Crippen molar-refractivity contribution in [1.29, 1.82) is 0 Å². The molecule has 0 aromatic carbocycles. The number of fused-ring (bicyclic) bond motifs is 1. The molecule has 3 heterocycles. The first-order valence-corrected chi connectivity index (χ1v) is 7.60. The van der Waals surface area contributed by atoms with Crippen LogP contribution in [0.5, 0.6) is 0 Å². The van der Waals surface area contributed by atoms with E-state index in [-0.39, 0.29) is 0 Å². The summed E-state index contributed by atoms with van der Waals surface area (Å²) in [4.78, 5) is 15.5. The van der Waals surface area contributed by atoms with Crippen LogP contribution in [0.25, 0.3) is 22.3 Å². The Morgan fingerprint density at radius 1 is 1.26 bits per heavy atom. The van der Waals surface area contributed by atoms with E-state index >= 15 is 0 Å². The van der Waals surface area contributed by atoms with Gasteiger partial charge in [0.1, 0.15) is 5.82 Å². The summed E-state index contributed by atoms with van der Waals surface area (Å²) < 4.78 is 1.96. The molecule has 23 heavy (non-hydrogen) atoms. The maximum absolute atomic E-state index is 4.63. The number of likely N-dealkylation sites (N-methyl/N-ethyl adjacent to an activating group) is 1. The van der Waals surface area contributed by atoms with E-state index < -0.39 is 0 Å². The molecule has 0 bridgehead atoms. The van der Waals surface area contributed by atoms with Crippen molar-refractivity contribution in [1.82, 2.24) is 25.0 Å². The number of nitrogens with zero attached hydrogens (tertiary/aromatic N) is 5. The SMILES string of the molecule is Cc1c2cc(-c3cncc(NCCN(C)C)n3)cnc2[nH][n+]1C. The lowest BCUT2D eigenvalue weighted by molar-refractivity contribution is -0.730. The van der Waals surface area contributed by atoms with Crippen molar-refractivity contribution in [2.75, 3.05) is 32.5 Å². The lowest BCUT2D eigenvalue weighted by Gasteiger charge is -2.11. The van der Waals surface area contributed by atoms with Gasteiger partial charge < -0.3 is 10.2 Å². The highest BCUT2D eigenvalue weighted by atomic mass is 15.3. The Morgan fingerprint density at radius 2 is 2.09 bits per heavy atom. The first-order chi connectivity index (χ1) is 11.0. The molecule has 0 aliphatic rings. The number of anilines is 1. The van der Waals surface area contributed by atoms with Gasteiger partial charge in [-0.3, -0.25) is 4.98 Å². The lowest BCUT2D eigenvalue weighted by atomic mass is 10.1. The lowest BCUT2D eigenvalue weighted by Crippen LogP contribution is -2.32. The smallest absolute Gasteiger partial charge is 0.213 e. The molecule has 0 saturated carbocycles. The van der Waals surface area contributed by atoms with E-state index in [4.69, 9.17) is 0 Å². The summed E-state index contributed by atoms with van der Waals surface area (Å²) in [5.41, 5.74) is 3.80. The van der Waals surface area contributed by atoms with Crippen LogP contribution in [-0.4, -0.2) is 52.1 Å². The second-order valence-electron chi connectivity index (χ2n) is 5.90. The van der Waals surface area contributed by atoms with Gasteiger partial charge in [0.05, 0.1) is 23.5 Å². The fourth-order valence-electron chi connectivity index (χ4n) is 2.39. The number of H-pyrrole nitrogens is 1. The minimum Gasteiger partial charge on any atom is -0.367 e. The Labute approximate surface area is 135 Å². The Bertz CT molecular complexity index is 822. The number of hydrogen-bond acceptors (Lipinski definition) is 5. The van der Waals surface area contributed by atoms with Gasteiger partial charge in [-0.1, -0.05) is 0 Å².